The van der Waals surface area contributed by atoms with Gasteiger partial charge >= 0.3 is 0 Å². The maximum Gasteiger partial charge on any atom is 0.250 e. The topological polar surface area (TPSA) is 79.5 Å². The van der Waals surface area contributed by atoms with E-state index in [-0.39, 0.29) is 17.9 Å². The summed E-state index contributed by atoms with van der Waals surface area (Å²) in [6, 6.07) is 11.4. The molecular weight excluding hydrogens is 378 g/mol. The van der Waals surface area contributed by atoms with Crippen LogP contribution in [-0.2, 0) is 15.1 Å². The fourth-order valence-electron chi connectivity index (χ4n) is 4.80. The average molecular weight is 408 g/mol. The van der Waals surface area contributed by atoms with Crippen molar-refractivity contribution in [3.05, 3.63) is 53.1 Å². The zero-order valence-corrected chi connectivity index (χ0v) is 18.1. The lowest BCUT2D eigenvalue weighted by Gasteiger charge is -2.30. The number of methoxy groups -OCH3 is 1. The molecule has 0 aliphatic carbocycles. The van der Waals surface area contributed by atoms with E-state index in [0.717, 1.165) is 28.1 Å². The van der Waals surface area contributed by atoms with E-state index in [9.17, 15) is 9.59 Å². The van der Waals surface area contributed by atoms with Gasteiger partial charge in [-0.3, -0.25) is 14.9 Å². The average Bonchev–Trinajstić information content (AvgIpc) is 3.24. The van der Waals surface area contributed by atoms with Crippen molar-refractivity contribution in [1.29, 1.82) is 0 Å². The van der Waals surface area contributed by atoms with E-state index >= 15 is 0 Å². The zero-order chi connectivity index (χ0) is 21.6. The normalized spacial score (nSPS) is 24.8. The number of anilines is 2. The number of benzene rings is 2. The van der Waals surface area contributed by atoms with E-state index in [1.807, 2.05) is 32.0 Å². The summed E-state index contributed by atoms with van der Waals surface area (Å²) in [7, 11) is 1.60. The number of fused-ring (bicyclic) bond motifs is 2. The van der Waals surface area contributed by atoms with Crippen molar-refractivity contribution in [1.82, 2.24) is 5.32 Å². The van der Waals surface area contributed by atoms with Crippen molar-refractivity contribution < 1.29 is 14.3 Å². The number of carbonyl (C=O) groups excluding carboxylic acids is 2. The van der Waals surface area contributed by atoms with Gasteiger partial charge < -0.3 is 15.4 Å². The van der Waals surface area contributed by atoms with Crippen LogP contribution in [0.3, 0.4) is 0 Å². The first kappa shape index (κ1) is 20.4. The molecule has 2 aromatic carbocycles. The molecule has 0 unspecified atom stereocenters. The number of amides is 2. The Morgan fingerprint density at radius 1 is 1.20 bits per heavy atom. The Kier molecular flexibility index (Phi) is 5.06. The molecule has 0 radical (unpaired) electrons. The monoisotopic (exact) mass is 407 g/mol. The molecule has 30 heavy (non-hydrogen) atoms. The fourth-order valence-corrected chi connectivity index (χ4v) is 4.80. The van der Waals surface area contributed by atoms with Crippen LogP contribution >= 0.6 is 0 Å². The number of rotatable bonds is 4. The third-order valence-corrected chi connectivity index (χ3v) is 6.41. The molecule has 2 aliphatic heterocycles. The first-order chi connectivity index (χ1) is 14.3. The molecule has 1 spiro atoms. The second-order valence-electron chi connectivity index (χ2n) is 8.77. The van der Waals surface area contributed by atoms with Gasteiger partial charge in [-0.05, 0) is 56.0 Å². The van der Waals surface area contributed by atoms with Gasteiger partial charge in [0.1, 0.15) is 11.3 Å². The molecule has 0 bridgehead atoms. The van der Waals surface area contributed by atoms with E-state index in [1.54, 1.807) is 19.2 Å². The largest absolute Gasteiger partial charge is 0.497 e. The Hall–Kier alpha value is -2.86. The highest BCUT2D eigenvalue weighted by Crippen LogP contribution is 2.49. The molecule has 1 fully saturated rings. The summed E-state index contributed by atoms with van der Waals surface area (Å²) in [5.74, 6) is 0.196. The van der Waals surface area contributed by atoms with Gasteiger partial charge in [-0.25, -0.2) is 0 Å². The molecule has 6 nitrogen and oxygen atoms in total. The van der Waals surface area contributed by atoms with Gasteiger partial charge in [-0.2, -0.15) is 0 Å². The number of ether oxygens (including phenoxy) is 1. The van der Waals surface area contributed by atoms with Crippen LogP contribution in [-0.4, -0.2) is 25.0 Å². The quantitative estimate of drug-likeness (QED) is 0.722. The molecule has 3 atom stereocenters. The molecule has 2 heterocycles. The highest BCUT2D eigenvalue weighted by atomic mass is 16.5. The Morgan fingerprint density at radius 3 is 2.53 bits per heavy atom. The van der Waals surface area contributed by atoms with Gasteiger partial charge in [-0.1, -0.05) is 31.5 Å². The number of aryl methyl sites for hydroxylation is 2. The van der Waals surface area contributed by atoms with Crippen molar-refractivity contribution in [2.24, 2.45) is 11.8 Å². The molecule has 1 saturated heterocycles. The van der Waals surface area contributed by atoms with Gasteiger partial charge in [0.25, 0.3) is 0 Å². The smallest absolute Gasteiger partial charge is 0.250 e. The molecule has 3 N–H and O–H groups in total. The van der Waals surface area contributed by atoms with Crippen LogP contribution in [0.4, 0.5) is 11.4 Å². The summed E-state index contributed by atoms with van der Waals surface area (Å²) in [6.45, 7) is 8.24. The van der Waals surface area contributed by atoms with Crippen LogP contribution in [0.25, 0.3) is 0 Å². The van der Waals surface area contributed by atoms with Crippen LogP contribution in [0.5, 0.6) is 5.75 Å². The minimum absolute atomic E-state index is 0.0640. The fraction of sp³-hybridized carbons (Fsp3) is 0.417. The lowest BCUT2D eigenvalue weighted by molar-refractivity contribution is -0.130. The first-order valence-corrected chi connectivity index (χ1v) is 10.4. The third kappa shape index (κ3) is 3.16. The number of carbonyl (C=O) groups is 2. The van der Waals surface area contributed by atoms with Crippen molar-refractivity contribution in [2.45, 2.75) is 45.7 Å². The third-order valence-electron chi connectivity index (χ3n) is 6.41. The molecule has 2 aliphatic rings. The van der Waals surface area contributed by atoms with Crippen molar-refractivity contribution >= 4 is 23.2 Å². The van der Waals surface area contributed by atoms with Crippen molar-refractivity contribution in [3.8, 4) is 5.75 Å². The summed E-state index contributed by atoms with van der Waals surface area (Å²) in [5, 5.41) is 9.63. The van der Waals surface area contributed by atoms with Crippen LogP contribution in [0, 0.1) is 25.7 Å². The first-order valence-electron chi connectivity index (χ1n) is 10.4. The predicted molar refractivity (Wildman–Crippen MR) is 118 cm³/mol. The van der Waals surface area contributed by atoms with Gasteiger partial charge in [0.2, 0.25) is 11.8 Å². The van der Waals surface area contributed by atoms with Gasteiger partial charge in [0.05, 0.1) is 13.0 Å². The summed E-state index contributed by atoms with van der Waals surface area (Å²) >= 11 is 0. The Bertz CT molecular complexity index is 1000. The number of hydrogen-bond acceptors (Lipinski definition) is 4. The van der Waals surface area contributed by atoms with Crippen molar-refractivity contribution in [2.75, 3.05) is 17.7 Å². The van der Waals surface area contributed by atoms with Gasteiger partial charge in [0, 0.05) is 23.0 Å². The summed E-state index contributed by atoms with van der Waals surface area (Å²) in [4.78, 5) is 26.8. The highest BCUT2D eigenvalue weighted by molar-refractivity contribution is 6.11. The van der Waals surface area contributed by atoms with Crippen molar-refractivity contribution in [3.63, 3.8) is 0 Å². The lowest BCUT2D eigenvalue weighted by atomic mass is 9.78. The Balaban J connectivity index is 1.74. The predicted octanol–water partition coefficient (Wildman–Crippen LogP) is 3.73. The Labute approximate surface area is 177 Å². The van der Waals surface area contributed by atoms with E-state index < -0.39 is 11.5 Å². The van der Waals surface area contributed by atoms with E-state index in [2.05, 4.69) is 35.9 Å². The van der Waals surface area contributed by atoms with Gasteiger partial charge in [-0.15, -0.1) is 0 Å². The lowest BCUT2D eigenvalue weighted by Crippen LogP contribution is -2.52. The summed E-state index contributed by atoms with van der Waals surface area (Å²) in [6.07, 6.45) is 0.597. The van der Waals surface area contributed by atoms with Crippen LogP contribution in [0.2, 0.25) is 0 Å². The minimum atomic E-state index is -1.06. The number of hydrogen-bond donors (Lipinski definition) is 3. The molecule has 4 rings (SSSR count). The molecule has 2 amide bonds. The minimum Gasteiger partial charge on any atom is -0.497 e. The van der Waals surface area contributed by atoms with Crippen LogP contribution < -0.4 is 20.7 Å². The van der Waals surface area contributed by atoms with Crippen LogP contribution in [0.1, 0.15) is 37.0 Å². The molecule has 6 heteroatoms. The van der Waals surface area contributed by atoms with E-state index in [4.69, 9.17) is 4.74 Å². The molecule has 0 saturated carbocycles. The van der Waals surface area contributed by atoms with Gasteiger partial charge in [0.15, 0.2) is 0 Å². The van der Waals surface area contributed by atoms with E-state index in [0.29, 0.717) is 18.0 Å². The highest BCUT2D eigenvalue weighted by Gasteiger charge is 2.60. The molecule has 0 aromatic heterocycles. The molecule has 2 aromatic rings. The van der Waals surface area contributed by atoms with E-state index in [1.165, 1.54) is 0 Å². The summed E-state index contributed by atoms with van der Waals surface area (Å²) in [5.41, 5.74) is 3.42. The summed E-state index contributed by atoms with van der Waals surface area (Å²) < 4.78 is 5.19. The maximum absolute atomic E-state index is 13.5. The Morgan fingerprint density at radius 2 is 1.90 bits per heavy atom. The maximum atomic E-state index is 13.5. The zero-order valence-electron chi connectivity index (χ0n) is 18.1. The SMILES string of the molecule is COc1ccc(NC(=O)[C@@H]2C[C@H](C(C)C)N[C@]23C(=O)Nc2c(C)cc(C)cc23)cc1. The number of nitrogens with one attached hydrogen (secondary N) is 3. The second-order valence-corrected chi connectivity index (χ2v) is 8.77. The molecule has 158 valence electrons. The second kappa shape index (κ2) is 7.43. The standard InChI is InChI=1S/C24H29N3O3/c1-13(2)20-12-19(22(28)25-16-6-8-17(30-5)9-7-16)24(27-20)18-11-14(3)10-15(4)21(18)26-23(24)29/h6-11,13,19-20,27H,12H2,1-5H3,(H,25,28)(H,26,29)/t19-,20+,24-/m0/s1. The molecular formula is C24H29N3O3. The van der Waals surface area contributed by atoms with Crippen LogP contribution in [0.15, 0.2) is 36.4 Å².